The smallest absolute Gasteiger partial charge is 0.261 e. The first-order chi connectivity index (χ1) is 12.5. The molecule has 0 radical (unpaired) electrons. The second-order valence-corrected chi connectivity index (χ2v) is 7.02. The molecule has 0 bridgehead atoms. The van der Waals surface area contributed by atoms with E-state index in [1.54, 1.807) is 12.1 Å². The SMILES string of the molecule is CCC[C@@H](C)c1c(O)nc(SCC(=O)Nc2ccccc2)n(CC)c1=O. The van der Waals surface area contributed by atoms with Crippen molar-refractivity contribution in [3.05, 3.63) is 46.2 Å². The summed E-state index contributed by atoms with van der Waals surface area (Å²) in [5.41, 5.74) is 0.837. The van der Waals surface area contributed by atoms with Gasteiger partial charge in [-0.25, -0.2) is 0 Å². The highest BCUT2D eigenvalue weighted by Gasteiger charge is 2.20. The molecular formula is C19H25N3O3S. The average Bonchev–Trinajstić information content (AvgIpc) is 2.61. The van der Waals surface area contributed by atoms with Gasteiger partial charge < -0.3 is 10.4 Å². The van der Waals surface area contributed by atoms with Crippen LogP contribution in [0.1, 0.15) is 45.1 Å². The first kappa shape index (κ1) is 20.0. The summed E-state index contributed by atoms with van der Waals surface area (Å²) in [6.07, 6.45) is 1.72. The number of carbonyl (C=O) groups is 1. The zero-order valence-corrected chi connectivity index (χ0v) is 16.2. The van der Waals surface area contributed by atoms with Gasteiger partial charge in [0.1, 0.15) is 0 Å². The Hall–Kier alpha value is -2.28. The number of para-hydroxylation sites is 1. The first-order valence-corrected chi connectivity index (χ1v) is 9.77. The Kier molecular flexibility index (Phi) is 7.26. The second-order valence-electron chi connectivity index (χ2n) is 6.07. The molecule has 0 aliphatic heterocycles. The molecule has 0 aliphatic carbocycles. The molecule has 0 fully saturated rings. The molecule has 0 unspecified atom stereocenters. The minimum atomic E-state index is -0.230. The van der Waals surface area contributed by atoms with E-state index in [0.29, 0.717) is 23.0 Å². The number of aromatic nitrogens is 2. The van der Waals surface area contributed by atoms with E-state index in [4.69, 9.17) is 0 Å². The molecule has 2 N–H and O–H groups in total. The Morgan fingerprint density at radius 3 is 2.62 bits per heavy atom. The van der Waals surface area contributed by atoms with Gasteiger partial charge in [-0.1, -0.05) is 50.2 Å². The van der Waals surface area contributed by atoms with Crippen molar-refractivity contribution >= 4 is 23.4 Å². The summed E-state index contributed by atoms with van der Waals surface area (Å²) in [7, 11) is 0. The number of nitrogens with one attached hydrogen (secondary N) is 1. The van der Waals surface area contributed by atoms with Crippen molar-refractivity contribution in [1.82, 2.24) is 9.55 Å². The average molecular weight is 375 g/mol. The van der Waals surface area contributed by atoms with Crippen molar-refractivity contribution in [2.45, 2.75) is 51.2 Å². The van der Waals surface area contributed by atoms with Gasteiger partial charge >= 0.3 is 0 Å². The van der Waals surface area contributed by atoms with Crippen molar-refractivity contribution < 1.29 is 9.90 Å². The fourth-order valence-electron chi connectivity index (χ4n) is 2.79. The van der Waals surface area contributed by atoms with Crippen molar-refractivity contribution in [3.8, 4) is 5.88 Å². The number of benzene rings is 1. The van der Waals surface area contributed by atoms with Crippen LogP contribution in [0.2, 0.25) is 0 Å². The highest BCUT2D eigenvalue weighted by atomic mass is 32.2. The Balaban J connectivity index is 2.16. The molecule has 0 spiro atoms. The quantitative estimate of drug-likeness (QED) is 0.544. The zero-order valence-electron chi connectivity index (χ0n) is 15.4. The molecule has 1 amide bonds. The summed E-state index contributed by atoms with van der Waals surface area (Å²) in [6.45, 7) is 6.24. The van der Waals surface area contributed by atoms with E-state index in [1.165, 1.54) is 4.57 Å². The molecule has 1 aromatic heterocycles. The highest BCUT2D eigenvalue weighted by molar-refractivity contribution is 7.99. The van der Waals surface area contributed by atoms with Crippen LogP contribution in [0.25, 0.3) is 0 Å². The zero-order chi connectivity index (χ0) is 19.1. The Labute approximate surface area is 157 Å². The third-order valence-corrected chi connectivity index (χ3v) is 5.05. The van der Waals surface area contributed by atoms with Gasteiger partial charge in [0, 0.05) is 12.2 Å². The molecule has 7 heteroatoms. The van der Waals surface area contributed by atoms with E-state index < -0.39 is 0 Å². The number of thioether (sulfide) groups is 1. The molecule has 2 rings (SSSR count). The maximum atomic E-state index is 12.7. The van der Waals surface area contributed by atoms with Gasteiger partial charge in [0.15, 0.2) is 5.16 Å². The van der Waals surface area contributed by atoms with E-state index in [1.807, 2.05) is 39.0 Å². The van der Waals surface area contributed by atoms with Crippen LogP contribution in [0.5, 0.6) is 5.88 Å². The lowest BCUT2D eigenvalue weighted by Crippen LogP contribution is -2.27. The maximum Gasteiger partial charge on any atom is 0.261 e. The van der Waals surface area contributed by atoms with Crippen LogP contribution in [0.4, 0.5) is 5.69 Å². The normalized spacial score (nSPS) is 12.0. The predicted octanol–water partition coefficient (Wildman–Crippen LogP) is 3.60. The van der Waals surface area contributed by atoms with Crippen molar-refractivity contribution in [3.63, 3.8) is 0 Å². The van der Waals surface area contributed by atoms with E-state index in [2.05, 4.69) is 10.3 Å². The number of anilines is 1. The van der Waals surface area contributed by atoms with Crippen LogP contribution in [0.3, 0.4) is 0 Å². The number of hydrogen-bond acceptors (Lipinski definition) is 5. The summed E-state index contributed by atoms with van der Waals surface area (Å²) in [5, 5.41) is 13.4. The fraction of sp³-hybridized carbons (Fsp3) is 0.421. The molecule has 1 atom stereocenters. The highest BCUT2D eigenvalue weighted by Crippen LogP contribution is 2.27. The van der Waals surface area contributed by atoms with Crippen LogP contribution in [0.15, 0.2) is 40.3 Å². The topological polar surface area (TPSA) is 84.2 Å². The maximum absolute atomic E-state index is 12.7. The number of rotatable bonds is 8. The van der Waals surface area contributed by atoms with Crippen molar-refractivity contribution in [2.24, 2.45) is 0 Å². The van der Waals surface area contributed by atoms with Crippen molar-refractivity contribution in [2.75, 3.05) is 11.1 Å². The van der Waals surface area contributed by atoms with Gasteiger partial charge in [-0.3, -0.25) is 14.2 Å². The molecule has 140 valence electrons. The van der Waals surface area contributed by atoms with Crippen molar-refractivity contribution in [1.29, 1.82) is 0 Å². The number of carbonyl (C=O) groups excluding carboxylic acids is 1. The van der Waals surface area contributed by atoms with Gasteiger partial charge in [0.05, 0.1) is 11.3 Å². The number of hydrogen-bond donors (Lipinski definition) is 2. The summed E-state index contributed by atoms with van der Waals surface area (Å²) in [6, 6.07) is 9.16. The Bertz CT molecular complexity index is 806. The third kappa shape index (κ3) is 4.88. The monoisotopic (exact) mass is 375 g/mol. The standard InChI is InChI=1S/C19H25N3O3S/c1-4-9-13(3)16-17(24)21-19(22(5-2)18(16)25)26-12-15(23)20-14-10-7-6-8-11-14/h6-8,10-11,13,24H,4-5,9,12H2,1-3H3,(H,20,23)/t13-/m1/s1. The van der Waals surface area contributed by atoms with Gasteiger partial charge in [0.2, 0.25) is 11.8 Å². The van der Waals surface area contributed by atoms with Crippen LogP contribution in [0, 0.1) is 0 Å². The minimum Gasteiger partial charge on any atom is -0.493 e. The molecule has 0 saturated carbocycles. The molecule has 26 heavy (non-hydrogen) atoms. The van der Waals surface area contributed by atoms with E-state index in [9.17, 15) is 14.7 Å². The third-order valence-electron chi connectivity index (χ3n) is 4.07. The molecular weight excluding hydrogens is 350 g/mol. The molecule has 1 heterocycles. The van der Waals surface area contributed by atoms with E-state index in [-0.39, 0.29) is 29.0 Å². The van der Waals surface area contributed by atoms with Gasteiger partial charge in [-0.2, -0.15) is 4.98 Å². The molecule has 6 nitrogen and oxygen atoms in total. The van der Waals surface area contributed by atoms with Gasteiger partial charge in [0.25, 0.3) is 5.56 Å². The lowest BCUT2D eigenvalue weighted by molar-refractivity contribution is -0.113. The minimum absolute atomic E-state index is 0.0572. The van der Waals surface area contributed by atoms with Gasteiger partial charge in [-0.15, -0.1) is 0 Å². The number of aromatic hydroxyl groups is 1. The number of nitrogens with zero attached hydrogens (tertiary/aromatic N) is 2. The summed E-state index contributed by atoms with van der Waals surface area (Å²) >= 11 is 1.14. The summed E-state index contributed by atoms with van der Waals surface area (Å²) in [4.78, 5) is 29.0. The Morgan fingerprint density at radius 2 is 2.00 bits per heavy atom. The van der Waals surface area contributed by atoms with Crippen LogP contribution < -0.4 is 10.9 Å². The molecule has 2 aromatic rings. The lowest BCUT2D eigenvalue weighted by Gasteiger charge is -2.16. The van der Waals surface area contributed by atoms with Crippen LogP contribution in [-0.2, 0) is 11.3 Å². The molecule has 0 saturated heterocycles. The van der Waals surface area contributed by atoms with Crippen LogP contribution in [-0.4, -0.2) is 26.3 Å². The lowest BCUT2D eigenvalue weighted by atomic mass is 9.98. The number of amides is 1. The summed E-state index contributed by atoms with van der Waals surface area (Å²) in [5.74, 6) is -0.379. The summed E-state index contributed by atoms with van der Waals surface area (Å²) < 4.78 is 1.52. The molecule has 0 aliphatic rings. The molecule has 1 aromatic carbocycles. The first-order valence-electron chi connectivity index (χ1n) is 8.79. The predicted molar refractivity (Wildman–Crippen MR) is 105 cm³/mol. The van der Waals surface area contributed by atoms with Crippen LogP contribution >= 0.6 is 11.8 Å². The van der Waals surface area contributed by atoms with Gasteiger partial charge in [-0.05, 0) is 31.4 Å². The fourth-order valence-corrected chi connectivity index (χ4v) is 3.64. The van der Waals surface area contributed by atoms with E-state index >= 15 is 0 Å². The largest absolute Gasteiger partial charge is 0.493 e. The second kappa shape index (κ2) is 9.43. The Morgan fingerprint density at radius 1 is 1.31 bits per heavy atom. The van der Waals surface area contributed by atoms with E-state index in [0.717, 1.165) is 24.6 Å².